The maximum atomic E-state index is 14.7. The van der Waals surface area contributed by atoms with Crippen molar-refractivity contribution in [2.24, 2.45) is 0 Å². The third kappa shape index (κ3) is 9.02. The number of amides is 4. The smallest absolute Gasteiger partial charge is 0.411 e. The minimum absolute atomic E-state index is 0.0508. The number of hydrogen-bond donors (Lipinski definition) is 1. The molecule has 4 amide bonds. The lowest BCUT2D eigenvalue weighted by molar-refractivity contribution is -0.140. The number of halogens is 1. The molecule has 3 aromatic carbocycles. The second-order valence-corrected chi connectivity index (χ2v) is 14.1. The number of piperazine rings is 1. The molecule has 1 aromatic heterocycles. The van der Waals surface area contributed by atoms with Crippen molar-refractivity contribution in [1.29, 1.82) is 0 Å². The molecular weight excluding hydrogens is 676 g/mol. The first-order chi connectivity index (χ1) is 23.9. The molecule has 0 radical (unpaired) electrons. The predicted octanol–water partition coefficient (Wildman–Crippen LogP) is 6.93. The molecule has 262 valence electrons. The summed E-state index contributed by atoms with van der Waals surface area (Å²) in [6, 6.07) is 25.5. The van der Waals surface area contributed by atoms with Gasteiger partial charge in [0.2, 0.25) is 11.8 Å². The molecule has 0 aliphatic carbocycles. The summed E-state index contributed by atoms with van der Waals surface area (Å²) in [5.74, 6) is -0.440. The van der Waals surface area contributed by atoms with Crippen molar-refractivity contribution in [1.82, 2.24) is 15.1 Å². The third-order valence-corrected chi connectivity index (χ3v) is 9.18. The Morgan fingerprint density at radius 2 is 1.64 bits per heavy atom. The number of nitrogens with zero attached hydrogens (tertiary/aromatic N) is 3. The van der Waals surface area contributed by atoms with E-state index in [9.17, 15) is 19.2 Å². The lowest BCUT2D eigenvalue weighted by Crippen LogP contribution is -2.63. The van der Waals surface area contributed by atoms with E-state index in [1.807, 2.05) is 79.0 Å². The van der Waals surface area contributed by atoms with E-state index in [1.165, 1.54) is 26.0 Å². The summed E-state index contributed by atoms with van der Waals surface area (Å²) >= 11 is 7.53. The minimum Gasteiger partial charge on any atom is -0.457 e. The van der Waals surface area contributed by atoms with Crippen LogP contribution < -0.4 is 15.0 Å². The van der Waals surface area contributed by atoms with Gasteiger partial charge in [-0.2, -0.15) is 0 Å². The summed E-state index contributed by atoms with van der Waals surface area (Å²) in [6.07, 6.45) is -0.647. The number of alkyl halides is 1. The van der Waals surface area contributed by atoms with Crippen LogP contribution in [-0.2, 0) is 25.7 Å². The molecule has 5 rings (SSSR count). The first-order valence-electron chi connectivity index (χ1n) is 16.3. The van der Waals surface area contributed by atoms with E-state index >= 15 is 0 Å². The number of anilines is 1. The van der Waals surface area contributed by atoms with Gasteiger partial charge in [0.15, 0.2) is 0 Å². The lowest BCUT2D eigenvalue weighted by Gasteiger charge is -2.43. The van der Waals surface area contributed by atoms with Crippen LogP contribution in [0, 0.1) is 6.92 Å². The fourth-order valence-electron chi connectivity index (χ4n) is 5.70. The van der Waals surface area contributed by atoms with Crippen LogP contribution in [0.2, 0.25) is 0 Å². The van der Waals surface area contributed by atoms with Crippen LogP contribution in [0.15, 0.2) is 96.4 Å². The van der Waals surface area contributed by atoms with Crippen molar-refractivity contribution in [2.75, 3.05) is 30.4 Å². The van der Waals surface area contributed by atoms with Crippen LogP contribution in [0.1, 0.15) is 42.8 Å². The van der Waals surface area contributed by atoms with Gasteiger partial charge < -0.3 is 19.7 Å². The molecule has 10 nitrogen and oxygen atoms in total. The molecule has 12 heteroatoms. The molecule has 2 heterocycles. The number of para-hydroxylation sites is 1. The van der Waals surface area contributed by atoms with Crippen molar-refractivity contribution < 1.29 is 28.7 Å². The number of nitrogens with one attached hydrogen (secondary N) is 1. The molecule has 0 spiro atoms. The SMILES string of the molecule is Cc1cc(Oc2ccccc2)ccc1N(C(=O)CCl)[C@@H](C(=O)N1CCN(C(=O)OC(C)(C)C)[C@@H](C(=O)NCc2ccccc2)C1)c1cccs1. The molecule has 4 aromatic rings. The summed E-state index contributed by atoms with van der Waals surface area (Å²) in [5.41, 5.74) is 1.28. The zero-order valence-corrected chi connectivity index (χ0v) is 30.1. The highest BCUT2D eigenvalue weighted by molar-refractivity contribution is 7.10. The number of thiophene rings is 1. The highest BCUT2D eigenvalue weighted by Gasteiger charge is 2.43. The minimum atomic E-state index is -1.08. The number of carbonyl (C=O) groups excluding carboxylic acids is 4. The van der Waals surface area contributed by atoms with E-state index in [-0.39, 0.29) is 32.1 Å². The van der Waals surface area contributed by atoms with Crippen molar-refractivity contribution in [3.8, 4) is 11.5 Å². The Hall–Kier alpha value is -4.87. The third-order valence-electron chi connectivity index (χ3n) is 8.03. The van der Waals surface area contributed by atoms with Crippen LogP contribution in [0.25, 0.3) is 0 Å². The highest BCUT2D eigenvalue weighted by Crippen LogP contribution is 2.36. The number of benzene rings is 3. The van der Waals surface area contributed by atoms with Crippen molar-refractivity contribution in [3.05, 3.63) is 112 Å². The van der Waals surface area contributed by atoms with Gasteiger partial charge in [0, 0.05) is 30.2 Å². The first-order valence-corrected chi connectivity index (χ1v) is 17.7. The fourth-order valence-corrected chi connectivity index (χ4v) is 6.63. The van der Waals surface area contributed by atoms with E-state index < -0.39 is 41.5 Å². The monoisotopic (exact) mass is 716 g/mol. The van der Waals surface area contributed by atoms with Crippen LogP contribution in [-0.4, -0.2) is 70.8 Å². The molecule has 1 aliphatic rings. The maximum absolute atomic E-state index is 14.7. The van der Waals surface area contributed by atoms with Crippen molar-refractivity contribution in [2.45, 2.75) is 51.9 Å². The van der Waals surface area contributed by atoms with Gasteiger partial charge in [-0.3, -0.25) is 24.2 Å². The van der Waals surface area contributed by atoms with Gasteiger partial charge in [-0.25, -0.2) is 4.79 Å². The molecule has 0 bridgehead atoms. The molecule has 1 aliphatic heterocycles. The Bertz CT molecular complexity index is 1780. The molecule has 50 heavy (non-hydrogen) atoms. The second-order valence-electron chi connectivity index (χ2n) is 12.9. The Kier molecular flexibility index (Phi) is 11.8. The zero-order chi connectivity index (χ0) is 35.8. The molecule has 0 unspecified atom stereocenters. The average Bonchev–Trinajstić information content (AvgIpc) is 3.64. The van der Waals surface area contributed by atoms with Gasteiger partial charge in [0.25, 0.3) is 5.91 Å². The molecule has 2 atom stereocenters. The summed E-state index contributed by atoms with van der Waals surface area (Å²) in [7, 11) is 0. The van der Waals surface area contributed by atoms with Crippen LogP contribution in [0.4, 0.5) is 10.5 Å². The predicted molar refractivity (Wildman–Crippen MR) is 195 cm³/mol. The molecular formula is C38H41ClN4O6S. The van der Waals surface area contributed by atoms with Crippen LogP contribution in [0.5, 0.6) is 11.5 Å². The normalized spacial score (nSPS) is 15.2. The molecule has 1 N–H and O–H groups in total. The zero-order valence-electron chi connectivity index (χ0n) is 28.5. The van der Waals surface area contributed by atoms with Gasteiger partial charge in [0.05, 0.1) is 6.54 Å². The number of ether oxygens (including phenoxy) is 2. The molecule has 1 fully saturated rings. The van der Waals surface area contributed by atoms with Crippen molar-refractivity contribution >= 4 is 52.4 Å². The van der Waals surface area contributed by atoms with Gasteiger partial charge in [-0.05, 0) is 80.6 Å². The summed E-state index contributed by atoms with van der Waals surface area (Å²) in [6.45, 7) is 7.41. The van der Waals surface area contributed by atoms with Crippen LogP contribution in [0.3, 0.4) is 0 Å². The Morgan fingerprint density at radius 3 is 2.26 bits per heavy atom. The average molecular weight is 717 g/mol. The van der Waals surface area contributed by atoms with E-state index in [4.69, 9.17) is 21.1 Å². The van der Waals surface area contributed by atoms with E-state index in [0.717, 1.165) is 5.56 Å². The number of hydrogen-bond acceptors (Lipinski definition) is 7. The first kappa shape index (κ1) is 36.4. The maximum Gasteiger partial charge on any atom is 0.411 e. The highest BCUT2D eigenvalue weighted by atomic mass is 35.5. The number of aryl methyl sites for hydroxylation is 1. The quantitative estimate of drug-likeness (QED) is 0.179. The molecule has 0 saturated carbocycles. The summed E-state index contributed by atoms with van der Waals surface area (Å²) in [5, 5.41) is 4.76. The topological polar surface area (TPSA) is 108 Å². The molecule has 1 saturated heterocycles. The van der Waals surface area contributed by atoms with Crippen molar-refractivity contribution in [3.63, 3.8) is 0 Å². The Balaban J connectivity index is 1.45. The summed E-state index contributed by atoms with van der Waals surface area (Å²) < 4.78 is 11.7. The number of rotatable bonds is 10. The largest absolute Gasteiger partial charge is 0.457 e. The van der Waals surface area contributed by atoms with Gasteiger partial charge in [0.1, 0.15) is 35.1 Å². The van der Waals surface area contributed by atoms with Gasteiger partial charge in [-0.15, -0.1) is 22.9 Å². The van der Waals surface area contributed by atoms with Crippen LogP contribution >= 0.6 is 22.9 Å². The standard InChI is InChI=1S/C38H41ClN4O6S/c1-26-22-29(48-28-14-9-6-10-15-28)17-18-30(26)43(33(44)23-39)34(32-16-11-21-50-32)36(46)41-19-20-42(37(47)49-38(2,3)4)31(25-41)35(45)40-24-27-12-7-5-8-13-27/h5-18,21-22,31,34H,19-20,23-25H2,1-4H3,(H,40,45)/t31-,34-/m1/s1. The Morgan fingerprint density at radius 1 is 0.940 bits per heavy atom. The van der Waals surface area contributed by atoms with Gasteiger partial charge >= 0.3 is 6.09 Å². The Labute approximate surface area is 301 Å². The van der Waals surface area contributed by atoms with Gasteiger partial charge in [-0.1, -0.05) is 54.6 Å². The number of carbonyl (C=O) groups is 4. The lowest BCUT2D eigenvalue weighted by atomic mass is 10.1. The van der Waals surface area contributed by atoms with E-state index in [0.29, 0.717) is 27.6 Å². The summed E-state index contributed by atoms with van der Waals surface area (Å²) in [4.78, 5) is 60.4. The second kappa shape index (κ2) is 16.2. The van der Waals surface area contributed by atoms with E-state index in [1.54, 1.807) is 45.0 Å². The fraction of sp³-hybridized carbons (Fsp3) is 0.316. The van der Waals surface area contributed by atoms with E-state index in [2.05, 4.69) is 5.32 Å².